The van der Waals surface area contributed by atoms with E-state index in [4.69, 9.17) is 5.73 Å². The highest BCUT2D eigenvalue weighted by Gasteiger charge is 2.27. The van der Waals surface area contributed by atoms with Gasteiger partial charge in [0.2, 0.25) is 5.91 Å². The molecule has 1 aromatic carbocycles. The van der Waals surface area contributed by atoms with Gasteiger partial charge in [-0.05, 0) is 24.2 Å². The molecular formula is C13H18F3N3O. The Bertz CT molecular complexity index is 449. The van der Waals surface area contributed by atoms with Crippen molar-refractivity contribution in [2.45, 2.75) is 19.6 Å². The number of anilines is 1. The average molecular weight is 289 g/mol. The molecule has 1 rings (SSSR count). The molecule has 0 aliphatic carbocycles. The predicted octanol–water partition coefficient (Wildman–Crippen LogP) is 1.77. The summed E-state index contributed by atoms with van der Waals surface area (Å²) in [6, 6.07) is 7.17. The second-order valence-electron chi connectivity index (χ2n) is 4.44. The third-order valence-electron chi connectivity index (χ3n) is 2.66. The number of rotatable bonds is 6. The molecule has 0 radical (unpaired) electrons. The van der Waals surface area contributed by atoms with Crippen LogP contribution in [0.4, 0.5) is 18.9 Å². The number of nitrogens with one attached hydrogen (secondary N) is 1. The Morgan fingerprint density at radius 2 is 2.10 bits per heavy atom. The summed E-state index contributed by atoms with van der Waals surface area (Å²) >= 11 is 0. The quantitative estimate of drug-likeness (QED) is 0.785. The summed E-state index contributed by atoms with van der Waals surface area (Å²) < 4.78 is 36.0. The van der Waals surface area contributed by atoms with E-state index in [9.17, 15) is 18.0 Å². The zero-order chi connectivity index (χ0) is 15.2. The Morgan fingerprint density at radius 1 is 1.40 bits per heavy atom. The minimum atomic E-state index is -4.39. The minimum absolute atomic E-state index is 0.0820. The van der Waals surface area contributed by atoms with Crippen LogP contribution in [-0.4, -0.2) is 36.6 Å². The van der Waals surface area contributed by atoms with Gasteiger partial charge in [-0.3, -0.25) is 9.69 Å². The highest BCUT2D eigenvalue weighted by atomic mass is 19.4. The van der Waals surface area contributed by atoms with E-state index in [2.05, 4.69) is 0 Å². The second kappa shape index (κ2) is 7.14. The SMILES string of the molecule is CCN(CC(=O)NCC(F)(F)F)Cc1cccc(N)c1. The molecule has 0 atom stereocenters. The number of carbonyl (C=O) groups excluding carboxylic acids is 1. The number of hydrogen-bond donors (Lipinski definition) is 2. The van der Waals surface area contributed by atoms with Gasteiger partial charge in [-0.25, -0.2) is 0 Å². The van der Waals surface area contributed by atoms with Crippen LogP contribution in [0, 0.1) is 0 Å². The molecule has 0 spiro atoms. The molecule has 0 fully saturated rings. The van der Waals surface area contributed by atoms with Gasteiger partial charge in [-0.15, -0.1) is 0 Å². The highest BCUT2D eigenvalue weighted by molar-refractivity contribution is 5.78. The van der Waals surface area contributed by atoms with E-state index < -0.39 is 18.6 Å². The van der Waals surface area contributed by atoms with E-state index in [0.29, 0.717) is 18.8 Å². The van der Waals surface area contributed by atoms with Gasteiger partial charge in [0.1, 0.15) is 6.54 Å². The topological polar surface area (TPSA) is 58.4 Å². The third kappa shape index (κ3) is 6.42. The first-order valence-corrected chi connectivity index (χ1v) is 6.20. The molecule has 0 aromatic heterocycles. The van der Waals surface area contributed by atoms with Crippen molar-refractivity contribution in [3.8, 4) is 0 Å². The zero-order valence-corrected chi connectivity index (χ0v) is 11.2. The molecule has 0 bridgehead atoms. The number of amides is 1. The molecule has 0 unspecified atom stereocenters. The lowest BCUT2D eigenvalue weighted by Crippen LogP contribution is -2.40. The Labute approximate surface area is 115 Å². The number of hydrogen-bond acceptors (Lipinski definition) is 3. The lowest BCUT2D eigenvalue weighted by atomic mass is 10.2. The van der Waals surface area contributed by atoms with Crippen molar-refractivity contribution in [2.75, 3.05) is 25.4 Å². The van der Waals surface area contributed by atoms with E-state index >= 15 is 0 Å². The van der Waals surface area contributed by atoms with Gasteiger partial charge in [0.25, 0.3) is 0 Å². The summed E-state index contributed by atoms with van der Waals surface area (Å²) in [5.74, 6) is -0.645. The predicted molar refractivity (Wildman–Crippen MR) is 70.9 cm³/mol. The Kier molecular flexibility index (Phi) is 5.82. The smallest absolute Gasteiger partial charge is 0.399 e. The van der Waals surface area contributed by atoms with Gasteiger partial charge in [0.05, 0.1) is 6.54 Å². The first kappa shape index (κ1) is 16.3. The summed E-state index contributed by atoms with van der Waals surface area (Å²) in [5, 5.41) is 1.85. The number of carbonyl (C=O) groups is 1. The van der Waals surface area contributed by atoms with Crippen LogP contribution in [0.2, 0.25) is 0 Å². The third-order valence-corrected chi connectivity index (χ3v) is 2.66. The van der Waals surface area contributed by atoms with Crippen LogP contribution in [0.15, 0.2) is 24.3 Å². The van der Waals surface area contributed by atoms with Crippen LogP contribution in [-0.2, 0) is 11.3 Å². The molecule has 0 aliphatic heterocycles. The van der Waals surface area contributed by atoms with Crippen molar-refractivity contribution in [1.82, 2.24) is 10.2 Å². The van der Waals surface area contributed by atoms with Gasteiger partial charge in [-0.2, -0.15) is 13.2 Å². The fraction of sp³-hybridized carbons (Fsp3) is 0.462. The Morgan fingerprint density at radius 3 is 2.65 bits per heavy atom. The van der Waals surface area contributed by atoms with E-state index in [1.165, 1.54) is 0 Å². The first-order chi connectivity index (χ1) is 9.30. The molecule has 1 aromatic rings. The molecule has 112 valence electrons. The summed E-state index contributed by atoms with van der Waals surface area (Å²) in [4.78, 5) is 13.2. The van der Waals surface area contributed by atoms with Crippen LogP contribution >= 0.6 is 0 Å². The Hall–Kier alpha value is -1.76. The molecule has 1 amide bonds. The standard InChI is InChI=1S/C13H18F3N3O/c1-2-19(7-10-4-3-5-11(17)6-10)8-12(20)18-9-13(14,15)16/h3-6H,2,7-9,17H2,1H3,(H,18,20). The number of nitrogen functional groups attached to an aromatic ring is 1. The maximum Gasteiger partial charge on any atom is 0.405 e. The van der Waals surface area contributed by atoms with Gasteiger partial charge in [-0.1, -0.05) is 19.1 Å². The molecule has 0 heterocycles. The van der Waals surface area contributed by atoms with Crippen LogP contribution in [0.3, 0.4) is 0 Å². The van der Waals surface area contributed by atoms with E-state index in [1.807, 2.05) is 18.3 Å². The van der Waals surface area contributed by atoms with Crippen LogP contribution < -0.4 is 11.1 Å². The van der Waals surface area contributed by atoms with Crippen LogP contribution in [0.1, 0.15) is 12.5 Å². The molecule has 3 N–H and O–H groups in total. The Balaban J connectivity index is 2.49. The summed E-state index contributed by atoms with van der Waals surface area (Å²) in [6.45, 7) is 1.46. The normalized spacial score (nSPS) is 11.7. The molecule has 7 heteroatoms. The van der Waals surface area contributed by atoms with Crippen molar-refractivity contribution in [2.24, 2.45) is 0 Å². The largest absolute Gasteiger partial charge is 0.405 e. The second-order valence-corrected chi connectivity index (χ2v) is 4.44. The van der Waals surface area contributed by atoms with Crippen molar-refractivity contribution < 1.29 is 18.0 Å². The molecule has 20 heavy (non-hydrogen) atoms. The zero-order valence-electron chi connectivity index (χ0n) is 11.2. The van der Waals surface area contributed by atoms with Gasteiger partial charge < -0.3 is 11.1 Å². The maximum atomic E-state index is 12.0. The van der Waals surface area contributed by atoms with E-state index in [-0.39, 0.29) is 6.54 Å². The van der Waals surface area contributed by atoms with Crippen molar-refractivity contribution >= 4 is 11.6 Å². The number of alkyl halides is 3. The van der Waals surface area contributed by atoms with E-state index in [0.717, 1.165) is 5.56 Å². The average Bonchev–Trinajstić information content (AvgIpc) is 2.35. The number of nitrogens with zero attached hydrogens (tertiary/aromatic N) is 1. The summed E-state index contributed by atoms with van der Waals surface area (Å²) in [7, 11) is 0. The fourth-order valence-electron chi connectivity index (χ4n) is 1.69. The molecular weight excluding hydrogens is 271 g/mol. The van der Waals surface area contributed by atoms with Gasteiger partial charge >= 0.3 is 6.18 Å². The van der Waals surface area contributed by atoms with Gasteiger partial charge in [0, 0.05) is 12.2 Å². The monoisotopic (exact) mass is 289 g/mol. The highest BCUT2D eigenvalue weighted by Crippen LogP contribution is 2.12. The number of halogens is 3. The van der Waals surface area contributed by atoms with Crippen LogP contribution in [0.5, 0.6) is 0 Å². The van der Waals surface area contributed by atoms with Gasteiger partial charge in [0.15, 0.2) is 0 Å². The number of likely N-dealkylation sites (N-methyl/N-ethyl adjacent to an activating group) is 1. The summed E-state index contributed by atoms with van der Waals surface area (Å²) in [5.41, 5.74) is 7.17. The lowest BCUT2D eigenvalue weighted by Gasteiger charge is -2.20. The lowest BCUT2D eigenvalue weighted by molar-refractivity contribution is -0.139. The van der Waals surface area contributed by atoms with Crippen molar-refractivity contribution in [3.05, 3.63) is 29.8 Å². The molecule has 0 saturated carbocycles. The first-order valence-electron chi connectivity index (χ1n) is 6.20. The van der Waals surface area contributed by atoms with Crippen LogP contribution in [0.25, 0.3) is 0 Å². The molecule has 0 aliphatic rings. The number of nitrogens with two attached hydrogens (primary N) is 1. The minimum Gasteiger partial charge on any atom is -0.399 e. The molecule has 0 saturated heterocycles. The maximum absolute atomic E-state index is 12.0. The summed E-state index contributed by atoms with van der Waals surface area (Å²) in [6.07, 6.45) is -4.39. The van der Waals surface area contributed by atoms with E-state index in [1.54, 1.807) is 23.1 Å². The number of benzene rings is 1. The van der Waals surface area contributed by atoms with Crippen molar-refractivity contribution in [1.29, 1.82) is 0 Å². The molecule has 4 nitrogen and oxygen atoms in total. The fourth-order valence-corrected chi connectivity index (χ4v) is 1.69. The van der Waals surface area contributed by atoms with Crippen molar-refractivity contribution in [3.63, 3.8) is 0 Å².